The number of ether oxygens (including phenoxy) is 1. The molecule has 82 valence electrons. The summed E-state index contributed by atoms with van der Waals surface area (Å²) >= 11 is 0. The van der Waals surface area contributed by atoms with E-state index in [0.717, 1.165) is 0 Å². The molecule has 1 aromatic heterocycles. The quantitative estimate of drug-likeness (QED) is 0.518. The Kier molecular flexibility index (Phi) is 4.30. The molecule has 0 aliphatic heterocycles. The summed E-state index contributed by atoms with van der Waals surface area (Å²) < 4.78 is 4.93. The van der Waals surface area contributed by atoms with E-state index in [1.54, 1.807) is 6.20 Å². The van der Waals surface area contributed by atoms with Gasteiger partial charge < -0.3 is 21.5 Å². The molecule has 7 nitrogen and oxygen atoms in total. The normalized spacial score (nSPS) is 9.87. The van der Waals surface area contributed by atoms with Crippen LogP contribution < -0.4 is 16.8 Å². The van der Waals surface area contributed by atoms with Crippen molar-refractivity contribution in [3.63, 3.8) is 0 Å². The Morgan fingerprint density at radius 3 is 3.00 bits per heavy atom. The maximum absolute atomic E-state index is 10.3. The zero-order valence-corrected chi connectivity index (χ0v) is 8.14. The maximum atomic E-state index is 10.3. The first-order valence-corrected chi connectivity index (χ1v) is 4.36. The van der Waals surface area contributed by atoms with Gasteiger partial charge in [-0.3, -0.25) is 9.78 Å². The van der Waals surface area contributed by atoms with Crippen LogP contribution in [0.25, 0.3) is 0 Å². The van der Waals surface area contributed by atoms with E-state index in [4.69, 9.17) is 16.2 Å². The van der Waals surface area contributed by atoms with Crippen LogP contribution in [0.15, 0.2) is 12.4 Å². The monoisotopic (exact) mass is 211 g/mol. The van der Waals surface area contributed by atoms with Crippen molar-refractivity contribution in [2.45, 2.75) is 0 Å². The van der Waals surface area contributed by atoms with Crippen molar-refractivity contribution < 1.29 is 9.53 Å². The number of primary amides is 1. The van der Waals surface area contributed by atoms with Gasteiger partial charge in [0.25, 0.3) is 0 Å². The standard InChI is InChI=1S/C8H13N5O2/c9-6-3-11-4-8(13-6)12-1-2-15-5-7(10)14/h3-4H,1-2,5H2,(H2,10,14)(H3,9,12,13). The third kappa shape index (κ3) is 4.77. The van der Waals surface area contributed by atoms with Crippen molar-refractivity contribution in [2.75, 3.05) is 30.8 Å². The fraction of sp³-hybridized carbons (Fsp3) is 0.375. The lowest BCUT2D eigenvalue weighted by atomic mass is 10.6. The van der Waals surface area contributed by atoms with Gasteiger partial charge in [-0.2, -0.15) is 0 Å². The lowest BCUT2D eigenvalue weighted by Crippen LogP contribution is -2.20. The molecule has 0 unspecified atom stereocenters. The smallest absolute Gasteiger partial charge is 0.243 e. The van der Waals surface area contributed by atoms with E-state index in [9.17, 15) is 4.79 Å². The Morgan fingerprint density at radius 1 is 1.53 bits per heavy atom. The van der Waals surface area contributed by atoms with Crippen LogP contribution in [0.3, 0.4) is 0 Å². The van der Waals surface area contributed by atoms with Gasteiger partial charge >= 0.3 is 0 Å². The van der Waals surface area contributed by atoms with Crippen LogP contribution >= 0.6 is 0 Å². The zero-order valence-electron chi connectivity index (χ0n) is 8.14. The number of carbonyl (C=O) groups is 1. The Balaban J connectivity index is 2.17. The lowest BCUT2D eigenvalue weighted by Gasteiger charge is -2.05. The highest BCUT2D eigenvalue weighted by molar-refractivity contribution is 5.74. The molecule has 5 N–H and O–H groups in total. The van der Waals surface area contributed by atoms with Crippen LogP contribution in [0, 0.1) is 0 Å². The number of anilines is 2. The average Bonchev–Trinajstić information content (AvgIpc) is 2.17. The van der Waals surface area contributed by atoms with Gasteiger partial charge in [-0.1, -0.05) is 0 Å². The summed E-state index contributed by atoms with van der Waals surface area (Å²) in [6, 6.07) is 0. The first-order chi connectivity index (χ1) is 7.18. The molecule has 1 aromatic rings. The number of nitrogen functional groups attached to an aromatic ring is 1. The molecule has 0 radical (unpaired) electrons. The molecule has 0 fully saturated rings. The van der Waals surface area contributed by atoms with Crippen LogP contribution in [-0.4, -0.2) is 35.6 Å². The first-order valence-electron chi connectivity index (χ1n) is 4.36. The van der Waals surface area contributed by atoms with Gasteiger partial charge in [-0.15, -0.1) is 0 Å². The second kappa shape index (κ2) is 5.76. The summed E-state index contributed by atoms with van der Waals surface area (Å²) in [4.78, 5) is 18.1. The molecule has 7 heteroatoms. The van der Waals surface area contributed by atoms with Crippen molar-refractivity contribution in [3.05, 3.63) is 12.4 Å². The molecule has 1 amide bonds. The molecule has 0 bridgehead atoms. The number of carbonyl (C=O) groups excluding carboxylic acids is 1. The molecule has 0 atom stereocenters. The highest BCUT2D eigenvalue weighted by Gasteiger charge is 1.96. The predicted molar refractivity (Wildman–Crippen MR) is 54.9 cm³/mol. The number of rotatable bonds is 6. The third-order valence-electron chi connectivity index (χ3n) is 1.45. The molecule has 0 saturated carbocycles. The van der Waals surface area contributed by atoms with Gasteiger partial charge in [-0.25, -0.2) is 4.98 Å². The Hall–Kier alpha value is -1.89. The number of amides is 1. The molecule has 0 spiro atoms. The number of nitrogens with zero attached hydrogens (tertiary/aromatic N) is 2. The van der Waals surface area contributed by atoms with Crippen LogP contribution in [0.2, 0.25) is 0 Å². The summed E-state index contributed by atoms with van der Waals surface area (Å²) in [5.41, 5.74) is 10.3. The first kappa shape index (κ1) is 11.2. The Bertz CT molecular complexity index is 331. The number of aromatic nitrogens is 2. The van der Waals surface area contributed by atoms with E-state index in [1.165, 1.54) is 6.20 Å². The van der Waals surface area contributed by atoms with Crippen molar-refractivity contribution in [2.24, 2.45) is 5.73 Å². The summed E-state index contributed by atoms with van der Waals surface area (Å²) in [6.45, 7) is 0.787. The number of nitrogens with one attached hydrogen (secondary N) is 1. The molecular formula is C8H13N5O2. The predicted octanol–water partition coefficient (Wildman–Crippen LogP) is -1.03. The van der Waals surface area contributed by atoms with Crippen LogP contribution in [-0.2, 0) is 9.53 Å². The summed E-state index contributed by atoms with van der Waals surface area (Å²) in [5.74, 6) is 0.425. The minimum absolute atomic E-state index is 0.0791. The zero-order chi connectivity index (χ0) is 11.1. The molecule has 0 aliphatic rings. The topological polar surface area (TPSA) is 116 Å². The van der Waals surface area contributed by atoms with E-state index in [0.29, 0.717) is 24.8 Å². The van der Waals surface area contributed by atoms with Gasteiger partial charge in [0.1, 0.15) is 18.2 Å². The highest BCUT2D eigenvalue weighted by atomic mass is 16.5. The van der Waals surface area contributed by atoms with Crippen molar-refractivity contribution in [1.29, 1.82) is 0 Å². The second-order valence-corrected chi connectivity index (χ2v) is 2.77. The fourth-order valence-corrected chi connectivity index (χ4v) is 0.890. The molecule has 0 aromatic carbocycles. The van der Waals surface area contributed by atoms with Crippen LogP contribution in [0.1, 0.15) is 0 Å². The minimum Gasteiger partial charge on any atom is -0.382 e. The largest absolute Gasteiger partial charge is 0.382 e. The number of hydrogen-bond acceptors (Lipinski definition) is 6. The highest BCUT2D eigenvalue weighted by Crippen LogP contribution is 2.01. The second-order valence-electron chi connectivity index (χ2n) is 2.77. The van der Waals surface area contributed by atoms with Crippen LogP contribution in [0.5, 0.6) is 0 Å². The van der Waals surface area contributed by atoms with Gasteiger partial charge in [0.15, 0.2) is 0 Å². The number of hydrogen-bond donors (Lipinski definition) is 3. The molecule has 0 saturated heterocycles. The number of nitrogens with two attached hydrogens (primary N) is 2. The van der Waals surface area contributed by atoms with Gasteiger partial charge in [0, 0.05) is 6.54 Å². The van der Waals surface area contributed by atoms with Gasteiger partial charge in [0.2, 0.25) is 5.91 Å². The molecular weight excluding hydrogens is 198 g/mol. The Morgan fingerprint density at radius 2 is 2.33 bits per heavy atom. The minimum atomic E-state index is -0.487. The van der Waals surface area contributed by atoms with E-state index in [2.05, 4.69) is 15.3 Å². The third-order valence-corrected chi connectivity index (χ3v) is 1.45. The lowest BCUT2D eigenvalue weighted by molar-refractivity contribution is -0.122. The summed E-state index contributed by atoms with van der Waals surface area (Å²) in [7, 11) is 0. The van der Waals surface area contributed by atoms with Crippen molar-refractivity contribution in [3.8, 4) is 0 Å². The summed E-state index contributed by atoms with van der Waals surface area (Å²) in [6.07, 6.45) is 3.00. The average molecular weight is 211 g/mol. The molecule has 1 heterocycles. The maximum Gasteiger partial charge on any atom is 0.243 e. The van der Waals surface area contributed by atoms with Crippen LogP contribution in [0.4, 0.5) is 11.6 Å². The molecule has 0 aliphatic carbocycles. The van der Waals surface area contributed by atoms with Gasteiger partial charge in [0.05, 0.1) is 19.0 Å². The molecule has 15 heavy (non-hydrogen) atoms. The molecule has 1 rings (SSSR count). The van der Waals surface area contributed by atoms with E-state index < -0.39 is 5.91 Å². The Labute approximate surface area is 86.8 Å². The van der Waals surface area contributed by atoms with Crippen molar-refractivity contribution >= 4 is 17.5 Å². The van der Waals surface area contributed by atoms with E-state index in [-0.39, 0.29) is 6.61 Å². The van der Waals surface area contributed by atoms with Crippen molar-refractivity contribution in [1.82, 2.24) is 9.97 Å². The SMILES string of the molecule is NC(=O)COCCNc1cncc(N)n1. The van der Waals surface area contributed by atoms with E-state index >= 15 is 0 Å². The fourth-order valence-electron chi connectivity index (χ4n) is 0.890. The van der Waals surface area contributed by atoms with Gasteiger partial charge in [-0.05, 0) is 0 Å². The van der Waals surface area contributed by atoms with E-state index in [1.807, 2.05) is 0 Å². The summed E-state index contributed by atoms with van der Waals surface area (Å²) in [5, 5.41) is 2.93.